The van der Waals surface area contributed by atoms with Gasteiger partial charge in [-0.1, -0.05) is 0 Å². The number of aryl methyl sites for hydroxylation is 2. The molecule has 0 aliphatic carbocycles. The summed E-state index contributed by atoms with van der Waals surface area (Å²) in [4.78, 5) is 28.8. The minimum atomic E-state index is -0.359. The molecular formula is C22H24N8O2. The van der Waals surface area contributed by atoms with Gasteiger partial charge in [-0.2, -0.15) is 5.10 Å². The van der Waals surface area contributed by atoms with Gasteiger partial charge in [0.15, 0.2) is 11.5 Å². The molecule has 1 aliphatic heterocycles. The van der Waals surface area contributed by atoms with E-state index in [0.29, 0.717) is 27.7 Å². The van der Waals surface area contributed by atoms with Gasteiger partial charge in [-0.3, -0.25) is 9.48 Å². The molecule has 0 spiro atoms. The number of carbonyl (C=O) groups is 1. The number of nitrogens with one attached hydrogen (secondary N) is 2. The summed E-state index contributed by atoms with van der Waals surface area (Å²) in [6.45, 7) is 5.24. The highest BCUT2D eigenvalue weighted by atomic mass is 16.3. The predicted octanol–water partition coefficient (Wildman–Crippen LogP) is 1.36. The molecule has 0 saturated carbocycles. The van der Waals surface area contributed by atoms with Crippen LogP contribution in [0.1, 0.15) is 16.1 Å². The SMILES string of the molecule is CNC(=O)c1nc(-c2cc3cn(C)nc3c(C)c2O)nc2ccc(N3CCNCC3)nc12. The Hall–Kier alpha value is -3.79. The molecule has 4 heterocycles. The van der Waals surface area contributed by atoms with Crippen LogP contribution < -0.4 is 15.5 Å². The smallest absolute Gasteiger partial charge is 0.272 e. The number of anilines is 1. The average molecular weight is 432 g/mol. The second-order valence-electron chi connectivity index (χ2n) is 7.89. The van der Waals surface area contributed by atoms with Gasteiger partial charge in [0.2, 0.25) is 0 Å². The van der Waals surface area contributed by atoms with Crippen molar-refractivity contribution in [2.45, 2.75) is 6.92 Å². The topological polar surface area (TPSA) is 121 Å². The van der Waals surface area contributed by atoms with Crippen molar-refractivity contribution in [1.29, 1.82) is 0 Å². The molecule has 4 aromatic rings. The highest BCUT2D eigenvalue weighted by Crippen LogP contribution is 2.36. The van der Waals surface area contributed by atoms with Crippen molar-refractivity contribution in [3.05, 3.63) is 35.7 Å². The third-order valence-corrected chi connectivity index (χ3v) is 5.77. The minimum Gasteiger partial charge on any atom is -0.507 e. The summed E-state index contributed by atoms with van der Waals surface area (Å²) in [7, 11) is 3.38. The van der Waals surface area contributed by atoms with Gasteiger partial charge in [-0.25, -0.2) is 15.0 Å². The second-order valence-corrected chi connectivity index (χ2v) is 7.89. The lowest BCUT2D eigenvalue weighted by atomic mass is 10.0. The zero-order chi connectivity index (χ0) is 22.4. The van der Waals surface area contributed by atoms with Crippen LogP contribution >= 0.6 is 0 Å². The van der Waals surface area contributed by atoms with Gasteiger partial charge >= 0.3 is 0 Å². The molecule has 1 saturated heterocycles. The fourth-order valence-corrected chi connectivity index (χ4v) is 4.08. The van der Waals surface area contributed by atoms with E-state index in [2.05, 4.69) is 30.6 Å². The summed E-state index contributed by atoms with van der Waals surface area (Å²) in [6, 6.07) is 5.55. The molecule has 3 aromatic heterocycles. The van der Waals surface area contributed by atoms with Crippen LogP contribution in [0.5, 0.6) is 5.75 Å². The maximum Gasteiger partial charge on any atom is 0.272 e. The zero-order valence-electron chi connectivity index (χ0n) is 18.2. The number of aromatic hydroxyl groups is 1. The van der Waals surface area contributed by atoms with Crippen molar-refractivity contribution in [2.75, 3.05) is 38.1 Å². The Morgan fingerprint density at radius 2 is 1.94 bits per heavy atom. The van der Waals surface area contributed by atoms with Crippen LogP contribution in [0.15, 0.2) is 24.4 Å². The third-order valence-electron chi connectivity index (χ3n) is 5.77. The lowest BCUT2D eigenvalue weighted by Crippen LogP contribution is -2.43. The first kappa shape index (κ1) is 20.1. The van der Waals surface area contributed by atoms with Crippen LogP contribution in [-0.4, -0.2) is 69.0 Å². The summed E-state index contributed by atoms with van der Waals surface area (Å²) in [5, 5.41) is 22.1. The summed E-state index contributed by atoms with van der Waals surface area (Å²) < 4.78 is 1.69. The third kappa shape index (κ3) is 3.28. The molecule has 1 fully saturated rings. The lowest BCUT2D eigenvalue weighted by molar-refractivity contribution is 0.0959. The molecule has 1 aliphatic rings. The van der Waals surface area contributed by atoms with Crippen LogP contribution in [0.2, 0.25) is 0 Å². The first-order valence-corrected chi connectivity index (χ1v) is 10.5. The number of nitrogens with zero attached hydrogens (tertiary/aromatic N) is 6. The summed E-state index contributed by atoms with van der Waals surface area (Å²) >= 11 is 0. The normalized spacial score (nSPS) is 14.3. The van der Waals surface area contributed by atoms with Crippen molar-refractivity contribution in [3.8, 4) is 17.1 Å². The largest absolute Gasteiger partial charge is 0.507 e. The van der Waals surface area contributed by atoms with E-state index in [-0.39, 0.29) is 23.2 Å². The monoisotopic (exact) mass is 432 g/mol. The molecule has 5 rings (SSSR count). The fraction of sp³-hybridized carbons (Fsp3) is 0.318. The Morgan fingerprint density at radius 3 is 2.69 bits per heavy atom. The summed E-state index contributed by atoms with van der Waals surface area (Å²) in [5.41, 5.74) is 2.94. The van der Waals surface area contributed by atoms with E-state index in [4.69, 9.17) is 4.98 Å². The summed E-state index contributed by atoms with van der Waals surface area (Å²) in [5.74, 6) is 0.737. The quantitative estimate of drug-likeness (QED) is 0.444. The van der Waals surface area contributed by atoms with Gasteiger partial charge in [0.25, 0.3) is 5.91 Å². The number of amides is 1. The number of pyridine rings is 1. The molecule has 3 N–H and O–H groups in total. The molecule has 1 amide bonds. The van der Waals surface area contributed by atoms with Gasteiger partial charge in [0.05, 0.1) is 16.6 Å². The number of hydrogen-bond donors (Lipinski definition) is 3. The van der Waals surface area contributed by atoms with E-state index in [1.165, 1.54) is 0 Å². The Kier molecular flexibility index (Phi) is 4.86. The van der Waals surface area contributed by atoms with Gasteiger partial charge in [0, 0.05) is 57.4 Å². The Labute approximate surface area is 184 Å². The zero-order valence-corrected chi connectivity index (χ0v) is 18.2. The van der Waals surface area contributed by atoms with Crippen LogP contribution in [0.3, 0.4) is 0 Å². The van der Waals surface area contributed by atoms with Crippen molar-refractivity contribution >= 4 is 33.7 Å². The molecule has 10 heteroatoms. The van der Waals surface area contributed by atoms with E-state index in [9.17, 15) is 9.90 Å². The fourth-order valence-electron chi connectivity index (χ4n) is 4.08. The number of phenols is 1. The second kappa shape index (κ2) is 7.72. The van der Waals surface area contributed by atoms with E-state index < -0.39 is 0 Å². The van der Waals surface area contributed by atoms with Crippen LogP contribution in [0, 0.1) is 6.92 Å². The van der Waals surface area contributed by atoms with Gasteiger partial charge in [-0.05, 0) is 25.1 Å². The van der Waals surface area contributed by atoms with Crippen molar-refractivity contribution in [3.63, 3.8) is 0 Å². The molecular weight excluding hydrogens is 408 g/mol. The minimum absolute atomic E-state index is 0.0452. The number of carbonyl (C=O) groups excluding carboxylic acids is 1. The van der Waals surface area contributed by atoms with Gasteiger partial charge in [0.1, 0.15) is 17.1 Å². The van der Waals surface area contributed by atoms with Crippen molar-refractivity contribution in [2.24, 2.45) is 7.05 Å². The van der Waals surface area contributed by atoms with Crippen LogP contribution in [0.4, 0.5) is 5.82 Å². The molecule has 164 valence electrons. The van der Waals surface area contributed by atoms with E-state index in [0.717, 1.165) is 37.4 Å². The van der Waals surface area contributed by atoms with Crippen molar-refractivity contribution < 1.29 is 9.90 Å². The van der Waals surface area contributed by atoms with Crippen LogP contribution in [0.25, 0.3) is 33.3 Å². The average Bonchev–Trinajstić information content (AvgIpc) is 3.21. The summed E-state index contributed by atoms with van der Waals surface area (Å²) in [6.07, 6.45) is 1.87. The molecule has 0 radical (unpaired) electrons. The number of phenolic OH excluding ortho intramolecular Hbond substituents is 1. The number of hydrogen-bond acceptors (Lipinski definition) is 8. The highest BCUT2D eigenvalue weighted by Gasteiger charge is 2.22. The van der Waals surface area contributed by atoms with Gasteiger partial charge in [-0.15, -0.1) is 0 Å². The molecule has 0 atom stereocenters. The molecule has 1 aromatic carbocycles. The van der Waals surface area contributed by atoms with E-state index in [1.54, 1.807) is 24.7 Å². The highest BCUT2D eigenvalue weighted by molar-refractivity contribution is 6.04. The lowest BCUT2D eigenvalue weighted by Gasteiger charge is -2.28. The molecule has 32 heavy (non-hydrogen) atoms. The standard InChI is InChI=1S/C22H24N8O2/c1-12-17-13(11-29(3)28-17)10-14(20(12)31)21-25-15-4-5-16(30-8-6-24-7-9-30)26-18(15)19(27-21)22(32)23-2/h4-5,10-11,24,31H,6-9H2,1-3H3,(H,23,32). The van der Waals surface area contributed by atoms with Crippen molar-refractivity contribution in [1.82, 2.24) is 35.4 Å². The number of fused-ring (bicyclic) bond motifs is 2. The number of piperazine rings is 1. The predicted molar refractivity (Wildman–Crippen MR) is 122 cm³/mol. The maximum atomic E-state index is 12.7. The first-order chi connectivity index (χ1) is 15.5. The Balaban J connectivity index is 1.70. The Bertz CT molecular complexity index is 1360. The van der Waals surface area contributed by atoms with E-state index >= 15 is 0 Å². The van der Waals surface area contributed by atoms with Gasteiger partial charge < -0.3 is 20.6 Å². The van der Waals surface area contributed by atoms with E-state index in [1.807, 2.05) is 25.4 Å². The number of rotatable bonds is 3. The molecule has 0 bridgehead atoms. The number of aromatic nitrogens is 5. The molecule has 0 unspecified atom stereocenters. The molecule has 10 nitrogen and oxygen atoms in total. The number of benzene rings is 1. The maximum absolute atomic E-state index is 12.7. The Morgan fingerprint density at radius 1 is 1.16 bits per heavy atom. The van der Waals surface area contributed by atoms with Crippen LogP contribution in [-0.2, 0) is 7.05 Å². The first-order valence-electron chi connectivity index (χ1n) is 10.5.